The van der Waals surface area contributed by atoms with Crippen molar-refractivity contribution in [2.75, 3.05) is 6.61 Å². The maximum absolute atomic E-state index is 12.7. The summed E-state index contributed by atoms with van der Waals surface area (Å²) in [4.78, 5) is 12.7. The van der Waals surface area contributed by atoms with Gasteiger partial charge in [0.2, 0.25) is 0 Å². The van der Waals surface area contributed by atoms with Crippen molar-refractivity contribution in [1.82, 2.24) is 0 Å². The first-order chi connectivity index (χ1) is 20.1. The lowest BCUT2D eigenvalue weighted by atomic mass is 9.77. The van der Waals surface area contributed by atoms with Crippen LogP contribution in [0.15, 0.2) is 48.5 Å². The SMILES string of the molecule is CCCCCC1CCC(CCCOc2ccc(OC(=O)c3ccc(C4CCC(CCCCC)CC4)cc3)cc2)CC1. The van der Waals surface area contributed by atoms with Crippen molar-refractivity contribution in [1.29, 1.82) is 0 Å². The van der Waals surface area contributed by atoms with Gasteiger partial charge in [0.05, 0.1) is 12.2 Å². The summed E-state index contributed by atoms with van der Waals surface area (Å²) in [6, 6.07) is 15.6. The van der Waals surface area contributed by atoms with E-state index in [0.717, 1.165) is 36.5 Å². The van der Waals surface area contributed by atoms with E-state index in [1.54, 1.807) is 0 Å². The molecule has 0 spiro atoms. The highest BCUT2D eigenvalue weighted by Crippen LogP contribution is 2.38. The zero-order chi connectivity index (χ0) is 28.7. The van der Waals surface area contributed by atoms with Crippen LogP contribution in [0.5, 0.6) is 11.5 Å². The van der Waals surface area contributed by atoms with Gasteiger partial charge < -0.3 is 9.47 Å². The molecular formula is C38H56O3. The Morgan fingerprint density at radius 3 is 1.63 bits per heavy atom. The van der Waals surface area contributed by atoms with Crippen molar-refractivity contribution in [3.63, 3.8) is 0 Å². The lowest BCUT2D eigenvalue weighted by Gasteiger charge is -2.29. The van der Waals surface area contributed by atoms with Crippen LogP contribution in [0, 0.1) is 17.8 Å². The van der Waals surface area contributed by atoms with Gasteiger partial charge in [0.15, 0.2) is 0 Å². The number of unbranched alkanes of at least 4 members (excludes halogenated alkanes) is 4. The molecule has 0 N–H and O–H groups in total. The van der Waals surface area contributed by atoms with Crippen LogP contribution in [0.2, 0.25) is 0 Å². The minimum Gasteiger partial charge on any atom is -0.494 e. The molecule has 226 valence electrons. The Morgan fingerprint density at radius 1 is 0.610 bits per heavy atom. The summed E-state index contributed by atoms with van der Waals surface area (Å²) in [6.07, 6.45) is 24.4. The number of ether oxygens (including phenoxy) is 2. The van der Waals surface area contributed by atoms with E-state index in [-0.39, 0.29) is 5.97 Å². The van der Waals surface area contributed by atoms with E-state index < -0.39 is 0 Å². The Bertz CT molecular complexity index is 979. The minimum absolute atomic E-state index is 0.301. The maximum atomic E-state index is 12.7. The van der Waals surface area contributed by atoms with E-state index in [1.165, 1.54) is 115 Å². The van der Waals surface area contributed by atoms with Crippen LogP contribution >= 0.6 is 0 Å². The summed E-state index contributed by atoms with van der Waals surface area (Å²) in [6.45, 7) is 5.33. The predicted octanol–water partition coefficient (Wildman–Crippen LogP) is 11.3. The molecule has 2 saturated carbocycles. The van der Waals surface area contributed by atoms with Crippen molar-refractivity contribution >= 4 is 5.97 Å². The summed E-state index contributed by atoms with van der Waals surface area (Å²) in [5, 5.41) is 0. The van der Waals surface area contributed by atoms with Gasteiger partial charge in [0.1, 0.15) is 11.5 Å². The third-order valence-corrected chi connectivity index (χ3v) is 9.92. The minimum atomic E-state index is -0.301. The number of hydrogen-bond acceptors (Lipinski definition) is 3. The lowest BCUT2D eigenvalue weighted by Crippen LogP contribution is -2.15. The molecule has 0 saturated heterocycles. The molecule has 2 aliphatic rings. The molecule has 0 radical (unpaired) electrons. The molecule has 0 amide bonds. The quantitative estimate of drug-likeness (QED) is 0.116. The van der Waals surface area contributed by atoms with Crippen LogP contribution in [-0.2, 0) is 0 Å². The molecule has 0 aromatic heterocycles. The Balaban J connectivity index is 1.11. The standard InChI is InChI=1S/C38H56O3/c1-3-5-7-10-30-13-15-32(16-14-30)12-9-29-40-36-25-27-37(28-26-36)41-38(39)35-23-21-34(22-24-35)33-19-17-31(18-20-33)11-8-6-4-2/h21-28,30-33H,3-20,29H2,1-2H3. The summed E-state index contributed by atoms with van der Waals surface area (Å²) in [5.41, 5.74) is 1.97. The van der Waals surface area contributed by atoms with E-state index in [0.29, 0.717) is 17.2 Å². The largest absolute Gasteiger partial charge is 0.494 e. The number of benzene rings is 2. The van der Waals surface area contributed by atoms with E-state index in [1.807, 2.05) is 36.4 Å². The van der Waals surface area contributed by atoms with E-state index in [4.69, 9.17) is 9.47 Å². The van der Waals surface area contributed by atoms with Gasteiger partial charge in [-0.25, -0.2) is 4.79 Å². The molecule has 3 heteroatoms. The van der Waals surface area contributed by atoms with Gasteiger partial charge in [0, 0.05) is 0 Å². The Labute approximate surface area is 250 Å². The first kappa shape index (κ1) is 31.6. The third kappa shape index (κ3) is 10.8. The van der Waals surface area contributed by atoms with Crippen molar-refractivity contribution in [3.8, 4) is 11.5 Å². The molecule has 2 fully saturated rings. The van der Waals surface area contributed by atoms with Crippen molar-refractivity contribution < 1.29 is 14.3 Å². The van der Waals surface area contributed by atoms with Gasteiger partial charge >= 0.3 is 5.97 Å². The molecule has 2 aromatic rings. The highest BCUT2D eigenvalue weighted by atomic mass is 16.5. The molecule has 3 nitrogen and oxygen atoms in total. The zero-order valence-electron chi connectivity index (χ0n) is 26.1. The Morgan fingerprint density at radius 2 is 1.10 bits per heavy atom. The van der Waals surface area contributed by atoms with Crippen molar-refractivity contribution in [3.05, 3.63) is 59.7 Å². The fourth-order valence-electron chi connectivity index (χ4n) is 7.18. The second-order valence-corrected chi connectivity index (χ2v) is 13.1. The highest BCUT2D eigenvalue weighted by Gasteiger charge is 2.23. The summed E-state index contributed by atoms with van der Waals surface area (Å²) in [5.74, 6) is 4.51. The fraction of sp³-hybridized carbons (Fsp3) is 0.658. The number of carbonyl (C=O) groups is 1. The van der Waals surface area contributed by atoms with Crippen LogP contribution in [0.3, 0.4) is 0 Å². The van der Waals surface area contributed by atoms with Crippen LogP contribution in [0.1, 0.15) is 151 Å². The molecule has 0 aliphatic heterocycles. The number of carbonyl (C=O) groups excluding carboxylic acids is 1. The third-order valence-electron chi connectivity index (χ3n) is 9.92. The lowest BCUT2D eigenvalue weighted by molar-refractivity contribution is 0.0734. The topological polar surface area (TPSA) is 35.5 Å². The maximum Gasteiger partial charge on any atom is 0.343 e. The van der Waals surface area contributed by atoms with Crippen LogP contribution in [0.25, 0.3) is 0 Å². The van der Waals surface area contributed by atoms with Gasteiger partial charge in [-0.15, -0.1) is 0 Å². The number of hydrogen-bond donors (Lipinski definition) is 0. The first-order valence-corrected chi connectivity index (χ1v) is 17.2. The van der Waals surface area contributed by atoms with Crippen LogP contribution in [-0.4, -0.2) is 12.6 Å². The molecule has 0 atom stereocenters. The van der Waals surface area contributed by atoms with Crippen molar-refractivity contribution in [2.45, 2.75) is 135 Å². The average molecular weight is 561 g/mol. The summed E-state index contributed by atoms with van der Waals surface area (Å²) >= 11 is 0. The molecule has 4 rings (SSSR count). The van der Waals surface area contributed by atoms with Gasteiger partial charge in [-0.1, -0.05) is 103 Å². The molecule has 2 aromatic carbocycles. The van der Waals surface area contributed by atoms with Gasteiger partial charge in [-0.3, -0.25) is 0 Å². The van der Waals surface area contributed by atoms with Crippen LogP contribution in [0.4, 0.5) is 0 Å². The molecule has 0 heterocycles. The molecule has 2 aliphatic carbocycles. The fourth-order valence-corrected chi connectivity index (χ4v) is 7.18. The van der Waals surface area contributed by atoms with Gasteiger partial charge in [-0.2, -0.15) is 0 Å². The van der Waals surface area contributed by atoms with Crippen LogP contribution < -0.4 is 9.47 Å². The smallest absolute Gasteiger partial charge is 0.343 e. The molecule has 0 unspecified atom stereocenters. The van der Waals surface area contributed by atoms with Crippen molar-refractivity contribution in [2.24, 2.45) is 17.8 Å². The second kappa shape index (κ2) is 17.6. The highest BCUT2D eigenvalue weighted by molar-refractivity contribution is 5.91. The molecule has 0 bridgehead atoms. The Hall–Kier alpha value is -2.29. The van der Waals surface area contributed by atoms with E-state index in [9.17, 15) is 4.79 Å². The van der Waals surface area contributed by atoms with Gasteiger partial charge in [-0.05, 0) is 104 Å². The van der Waals surface area contributed by atoms with E-state index in [2.05, 4.69) is 26.0 Å². The summed E-state index contributed by atoms with van der Waals surface area (Å²) in [7, 11) is 0. The molecule has 41 heavy (non-hydrogen) atoms. The normalized spacial score (nSPS) is 22.8. The first-order valence-electron chi connectivity index (χ1n) is 17.2. The average Bonchev–Trinajstić information content (AvgIpc) is 3.01. The van der Waals surface area contributed by atoms with Gasteiger partial charge in [0.25, 0.3) is 0 Å². The zero-order valence-corrected chi connectivity index (χ0v) is 26.1. The molecular weight excluding hydrogens is 504 g/mol. The monoisotopic (exact) mass is 560 g/mol. The predicted molar refractivity (Wildman–Crippen MR) is 171 cm³/mol. The Kier molecular flexibility index (Phi) is 13.6. The number of esters is 1. The summed E-state index contributed by atoms with van der Waals surface area (Å²) < 4.78 is 11.6. The number of rotatable bonds is 16. The second-order valence-electron chi connectivity index (χ2n) is 13.1. The van der Waals surface area contributed by atoms with E-state index >= 15 is 0 Å².